The molecule has 2 fully saturated rings. The lowest BCUT2D eigenvalue weighted by Crippen LogP contribution is -2.18. The smallest absolute Gasteiger partial charge is 0.0754 e. The van der Waals surface area contributed by atoms with E-state index in [2.05, 4.69) is 10.3 Å². The van der Waals surface area contributed by atoms with Gasteiger partial charge in [-0.15, -0.1) is 5.10 Å². The fourth-order valence-electron chi connectivity index (χ4n) is 3.38. The zero-order valence-corrected chi connectivity index (χ0v) is 9.13. The molecule has 3 rings (SSSR count). The van der Waals surface area contributed by atoms with E-state index in [-0.39, 0.29) is 6.04 Å². The summed E-state index contributed by atoms with van der Waals surface area (Å²) in [5, 5.41) is 7.86. The minimum atomic E-state index is 0.151. The number of nitrogens with two attached hydrogens (primary N) is 1. The second-order valence-electron chi connectivity index (χ2n) is 5.00. The van der Waals surface area contributed by atoms with Crippen molar-refractivity contribution in [1.29, 1.82) is 0 Å². The van der Waals surface area contributed by atoms with E-state index in [9.17, 15) is 0 Å². The normalized spacial score (nSPS) is 36.0. The lowest BCUT2D eigenvalue weighted by atomic mass is 10.0. The van der Waals surface area contributed by atoms with E-state index in [4.69, 9.17) is 5.73 Å². The molecule has 0 aliphatic heterocycles. The largest absolute Gasteiger partial charge is 0.322 e. The lowest BCUT2D eigenvalue weighted by Gasteiger charge is -2.10. The highest BCUT2D eigenvalue weighted by atomic mass is 15.4. The van der Waals surface area contributed by atoms with E-state index in [1.165, 1.54) is 25.7 Å². The molecule has 0 amide bonds. The van der Waals surface area contributed by atoms with Crippen molar-refractivity contribution < 1.29 is 0 Å². The Balaban J connectivity index is 1.76. The minimum absolute atomic E-state index is 0.151. The quantitative estimate of drug-likeness (QED) is 0.792. The molecule has 3 unspecified atom stereocenters. The summed E-state index contributed by atoms with van der Waals surface area (Å²) in [7, 11) is 1.92. The molecule has 82 valence electrons. The van der Waals surface area contributed by atoms with Crippen LogP contribution in [-0.4, -0.2) is 15.0 Å². The second kappa shape index (κ2) is 3.30. The van der Waals surface area contributed by atoms with Crippen molar-refractivity contribution in [2.24, 2.45) is 30.5 Å². The maximum Gasteiger partial charge on any atom is 0.0754 e. The predicted octanol–water partition coefficient (Wildman–Crippen LogP) is 1.25. The highest BCUT2D eigenvalue weighted by molar-refractivity contribution is 5.12. The molecule has 2 aliphatic carbocycles. The molecule has 1 aromatic rings. The van der Waals surface area contributed by atoms with Crippen molar-refractivity contribution in [3.63, 3.8) is 0 Å². The molecule has 0 spiro atoms. The van der Waals surface area contributed by atoms with Crippen LogP contribution >= 0.6 is 0 Å². The van der Waals surface area contributed by atoms with Crippen LogP contribution in [0.4, 0.5) is 0 Å². The average Bonchev–Trinajstić information content (AvgIpc) is 2.83. The number of nitrogens with zero attached hydrogens (tertiary/aromatic N) is 3. The highest BCUT2D eigenvalue weighted by Crippen LogP contribution is 2.59. The molecule has 15 heavy (non-hydrogen) atoms. The van der Waals surface area contributed by atoms with Gasteiger partial charge in [0.2, 0.25) is 0 Å². The van der Waals surface area contributed by atoms with Gasteiger partial charge in [-0.1, -0.05) is 18.1 Å². The fourth-order valence-corrected chi connectivity index (χ4v) is 3.38. The van der Waals surface area contributed by atoms with E-state index in [1.54, 1.807) is 0 Å². The first-order valence-corrected chi connectivity index (χ1v) is 5.89. The van der Waals surface area contributed by atoms with Crippen LogP contribution < -0.4 is 5.73 Å². The Morgan fingerprint density at radius 2 is 2.07 bits per heavy atom. The molecule has 0 radical (unpaired) electrons. The van der Waals surface area contributed by atoms with Gasteiger partial charge < -0.3 is 5.73 Å². The Kier molecular flexibility index (Phi) is 2.06. The Morgan fingerprint density at radius 3 is 2.60 bits per heavy atom. The van der Waals surface area contributed by atoms with Crippen molar-refractivity contribution >= 4 is 0 Å². The molecule has 2 saturated carbocycles. The molecular formula is C11H18N4. The fraction of sp³-hybridized carbons (Fsp3) is 0.818. The minimum Gasteiger partial charge on any atom is -0.322 e. The molecule has 0 bridgehead atoms. The number of hydrogen-bond donors (Lipinski definition) is 1. The van der Waals surface area contributed by atoms with Crippen LogP contribution in [0, 0.1) is 17.8 Å². The topological polar surface area (TPSA) is 56.7 Å². The number of aryl methyl sites for hydroxylation is 1. The molecule has 4 heteroatoms. The van der Waals surface area contributed by atoms with Crippen molar-refractivity contribution in [3.8, 4) is 0 Å². The van der Waals surface area contributed by atoms with E-state index in [1.807, 2.05) is 17.9 Å². The molecule has 0 aromatic carbocycles. The molecule has 3 atom stereocenters. The summed E-state index contributed by atoms with van der Waals surface area (Å²) < 4.78 is 1.81. The van der Waals surface area contributed by atoms with Crippen LogP contribution in [-0.2, 0) is 7.05 Å². The number of hydrogen-bond acceptors (Lipinski definition) is 3. The van der Waals surface area contributed by atoms with Crippen LogP contribution in [0.15, 0.2) is 6.20 Å². The molecular weight excluding hydrogens is 188 g/mol. The summed E-state index contributed by atoms with van der Waals surface area (Å²) in [6.45, 7) is 0. The van der Waals surface area contributed by atoms with E-state index < -0.39 is 0 Å². The lowest BCUT2D eigenvalue weighted by molar-refractivity contribution is 0.480. The van der Waals surface area contributed by atoms with Crippen molar-refractivity contribution in [3.05, 3.63) is 11.9 Å². The van der Waals surface area contributed by atoms with Crippen molar-refractivity contribution in [2.75, 3.05) is 0 Å². The summed E-state index contributed by atoms with van der Waals surface area (Å²) in [4.78, 5) is 0. The standard InChI is InChI=1S/C11H18N4/c1-15-9(6-13-14-15)11(12)10-7-4-2-3-5-8(7)10/h6-8,10-11H,2-5,12H2,1H3. The number of rotatable bonds is 2. The van der Waals surface area contributed by atoms with E-state index >= 15 is 0 Å². The van der Waals surface area contributed by atoms with Gasteiger partial charge in [-0.25, -0.2) is 0 Å². The van der Waals surface area contributed by atoms with E-state index in [0.717, 1.165) is 17.5 Å². The first-order chi connectivity index (χ1) is 7.29. The van der Waals surface area contributed by atoms with Crippen molar-refractivity contribution in [2.45, 2.75) is 31.7 Å². The Labute approximate surface area is 89.8 Å². The summed E-state index contributed by atoms with van der Waals surface area (Å²) in [5.74, 6) is 2.48. The predicted molar refractivity (Wildman–Crippen MR) is 56.9 cm³/mol. The second-order valence-corrected chi connectivity index (χ2v) is 5.00. The van der Waals surface area contributed by atoms with Gasteiger partial charge in [-0.2, -0.15) is 0 Å². The van der Waals surface area contributed by atoms with Gasteiger partial charge in [-0.3, -0.25) is 4.68 Å². The molecule has 1 aromatic heterocycles. The van der Waals surface area contributed by atoms with Gasteiger partial charge >= 0.3 is 0 Å². The van der Waals surface area contributed by atoms with Gasteiger partial charge in [-0.05, 0) is 30.6 Å². The summed E-state index contributed by atoms with van der Waals surface area (Å²) >= 11 is 0. The first-order valence-electron chi connectivity index (χ1n) is 5.89. The summed E-state index contributed by atoms with van der Waals surface area (Å²) in [6.07, 6.45) is 7.37. The average molecular weight is 206 g/mol. The zero-order valence-electron chi connectivity index (χ0n) is 9.13. The molecule has 4 nitrogen and oxygen atoms in total. The monoisotopic (exact) mass is 206 g/mol. The zero-order chi connectivity index (χ0) is 10.4. The summed E-state index contributed by atoms with van der Waals surface area (Å²) in [6, 6.07) is 0.151. The van der Waals surface area contributed by atoms with Gasteiger partial charge in [0.1, 0.15) is 0 Å². The molecule has 2 aliphatic rings. The number of aromatic nitrogens is 3. The molecule has 0 saturated heterocycles. The summed E-state index contributed by atoms with van der Waals surface area (Å²) in [5.41, 5.74) is 7.40. The Hall–Kier alpha value is -0.900. The molecule has 2 N–H and O–H groups in total. The van der Waals surface area contributed by atoms with Crippen LogP contribution in [0.2, 0.25) is 0 Å². The third kappa shape index (κ3) is 1.39. The van der Waals surface area contributed by atoms with Crippen LogP contribution in [0.3, 0.4) is 0 Å². The maximum atomic E-state index is 6.30. The van der Waals surface area contributed by atoms with Gasteiger partial charge in [0.15, 0.2) is 0 Å². The number of fused-ring (bicyclic) bond motifs is 1. The third-order valence-electron chi connectivity index (χ3n) is 4.23. The maximum absolute atomic E-state index is 6.30. The van der Waals surface area contributed by atoms with Crippen LogP contribution in [0.1, 0.15) is 37.4 Å². The molecule has 1 heterocycles. The Morgan fingerprint density at radius 1 is 1.40 bits per heavy atom. The van der Waals surface area contributed by atoms with Crippen LogP contribution in [0.25, 0.3) is 0 Å². The van der Waals surface area contributed by atoms with Gasteiger partial charge in [0.25, 0.3) is 0 Å². The third-order valence-corrected chi connectivity index (χ3v) is 4.23. The van der Waals surface area contributed by atoms with Gasteiger partial charge in [0.05, 0.1) is 17.9 Å². The van der Waals surface area contributed by atoms with Gasteiger partial charge in [0, 0.05) is 7.05 Å². The SMILES string of the molecule is Cn1nncc1C(N)C1C2CCCCC21. The Bertz CT molecular complexity index is 347. The van der Waals surface area contributed by atoms with Crippen LogP contribution in [0.5, 0.6) is 0 Å². The highest BCUT2D eigenvalue weighted by Gasteiger charge is 2.53. The van der Waals surface area contributed by atoms with Crippen molar-refractivity contribution in [1.82, 2.24) is 15.0 Å². The first kappa shape index (κ1) is 9.33. The van der Waals surface area contributed by atoms with E-state index in [0.29, 0.717) is 5.92 Å².